The van der Waals surface area contributed by atoms with E-state index in [1.54, 1.807) is 30.3 Å². The highest BCUT2D eigenvalue weighted by atomic mass is 16.5. The van der Waals surface area contributed by atoms with Gasteiger partial charge in [0, 0.05) is 17.8 Å². The maximum Gasteiger partial charge on any atom is 0.335 e. The number of nitriles is 1. The van der Waals surface area contributed by atoms with Crippen molar-refractivity contribution >= 4 is 11.7 Å². The van der Waals surface area contributed by atoms with E-state index in [2.05, 4.69) is 25.2 Å². The average molecular weight is 460 g/mol. The number of β-amino-alcohol motifs (C(OH)–C–C–N with tert-alkyl or cyclic N) is 1. The van der Waals surface area contributed by atoms with Crippen LogP contribution in [0.15, 0.2) is 66.7 Å². The van der Waals surface area contributed by atoms with Gasteiger partial charge in [-0.15, -0.1) is 0 Å². The maximum absolute atomic E-state index is 11.1. The smallest absolute Gasteiger partial charge is 0.335 e. The van der Waals surface area contributed by atoms with Gasteiger partial charge in [0.05, 0.1) is 11.1 Å². The highest BCUT2D eigenvalue weighted by molar-refractivity contribution is 5.88. The van der Waals surface area contributed by atoms with Crippen LogP contribution < -0.4 is 15.8 Å². The molecule has 0 unspecified atom stereocenters. The molecule has 0 aliphatic carbocycles. The van der Waals surface area contributed by atoms with Gasteiger partial charge in [-0.3, -0.25) is 0 Å². The Kier molecular flexibility index (Phi) is 7.90. The van der Waals surface area contributed by atoms with Gasteiger partial charge in [-0.05, 0) is 73.4 Å². The molecular weight excluding hydrogens is 430 g/mol. The number of nitrogens with one attached hydrogen (secondary N) is 1. The van der Waals surface area contributed by atoms with Crippen molar-refractivity contribution in [3.8, 4) is 22.9 Å². The van der Waals surface area contributed by atoms with E-state index in [9.17, 15) is 15.2 Å². The van der Waals surface area contributed by atoms with Crippen molar-refractivity contribution in [1.29, 1.82) is 5.26 Å². The van der Waals surface area contributed by atoms with Gasteiger partial charge in [-0.25, -0.2) is 4.79 Å². The quantitative estimate of drug-likeness (QED) is 0.339. The van der Waals surface area contributed by atoms with Gasteiger partial charge in [0.15, 0.2) is 0 Å². The summed E-state index contributed by atoms with van der Waals surface area (Å²) in [5, 5.41) is 32.3. The summed E-state index contributed by atoms with van der Waals surface area (Å²) in [6.45, 7) is 4.45. The highest BCUT2D eigenvalue weighted by Gasteiger charge is 2.20. The summed E-state index contributed by atoms with van der Waals surface area (Å²) in [6.07, 6.45) is -0.0157. The van der Waals surface area contributed by atoms with Crippen LogP contribution in [0.25, 0.3) is 11.1 Å². The molecule has 7 heteroatoms. The molecule has 0 aliphatic heterocycles. The fourth-order valence-corrected chi connectivity index (χ4v) is 3.57. The number of ether oxygens (including phenoxy) is 1. The van der Waals surface area contributed by atoms with Gasteiger partial charge in [-0.2, -0.15) is 5.26 Å². The molecule has 0 saturated carbocycles. The van der Waals surface area contributed by atoms with Crippen molar-refractivity contribution < 1.29 is 19.7 Å². The van der Waals surface area contributed by atoms with Crippen LogP contribution in [0.1, 0.15) is 35.3 Å². The molecule has 0 radical (unpaired) electrons. The third-order valence-corrected chi connectivity index (χ3v) is 5.44. The zero-order valence-corrected chi connectivity index (χ0v) is 19.3. The molecule has 0 amide bonds. The second-order valence-electron chi connectivity index (χ2n) is 8.85. The second-order valence-corrected chi connectivity index (χ2v) is 8.85. The van der Waals surface area contributed by atoms with E-state index in [0.29, 0.717) is 17.9 Å². The van der Waals surface area contributed by atoms with E-state index in [0.717, 1.165) is 28.8 Å². The van der Waals surface area contributed by atoms with Crippen LogP contribution in [0.2, 0.25) is 0 Å². The number of carbonyl (C=O) groups is 1. The predicted molar refractivity (Wildman–Crippen MR) is 132 cm³/mol. The van der Waals surface area contributed by atoms with Gasteiger partial charge < -0.3 is 26.0 Å². The van der Waals surface area contributed by atoms with Crippen LogP contribution in [-0.4, -0.2) is 41.0 Å². The molecule has 34 heavy (non-hydrogen) atoms. The molecule has 0 fully saturated rings. The van der Waals surface area contributed by atoms with Crippen molar-refractivity contribution in [2.45, 2.75) is 31.9 Å². The molecule has 0 aliphatic rings. The van der Waals surface area contributed by atoms with Crippen LogP contribution in [0.4, 0.5) is 5.69 Å². The van der Waals surface area contributed by atoms with E-state index in [1.807, 2.05) is 24.3 Å². The van der Waals surface area contributed by atoms with Crippen molar-refractivity contribution in [1.82, 2.24) is 5.32 Å². The first-order valence-corrected chi connectivity index (χ1v) is 10.9. The zero-order valence-electron chi connectivity index (χ0n) is 19.3. The van der Waals surface area contributed by atoms with Gasteiger partial charge >= 0.3 is 5.97 Å². The maximum atomic E-state index is 11.1. The second kappa shape index (κ2) is 10.8. The van der Waals surface area contributed by atoms with Crippen molar-refractivity contribution in [3.05, 3.63) is 83.4 Å². The van der Waals surface area contributed by atoms with E-state index in [-0.39, 0.29) is 17.7 Å². The molecule has 0 heterocycles. The van der Waals surface area contributed by atoms with Crippen LogP contribution in [0.3, 0.4) is 0 Å². The number of aliphatic hydroxyl groups excluding tert-OH is 1. The summed E-state index contributed by atoms with van der Waals surface area (Å²) in [5.74, 6) is -0.628. The van der Waals surface area contributed by atoms with Crippen LogP contribution in [-0.2, 0) is 6.42 Å². The molecule has 3 aromatic rings. The van der Waals surface area contributed by atoms with Gasteiger partial charge in [-0.1, -0.05) is 30.3 Å². The lowest BCUT2D eigenvalue weighted by Gasteiger charge is -2.28. The Bertz CT molecular complexity index is 1170. The van der Waals surface area contributed by atoms with E-state index in [1.165, 1.54) is 12.1 Å². The minimum atomic E-state index is -0.991. The number of anilines is 1. The fourth-order valence-electron chi connectivity index (χ4n) is 3.57. The first-order chi connectivity index (χ1) is 16.2. The standard InChI is InChI=1S/C27H29N3O4/c1-27(2,14-18-3-11-23(29)12-4-18)30-16-24(31)17-34-25-13-21(9-10-22(25)15-28)19-5-7-20(8-6-19)26(32)33/h3-13,24,30-31H,14,16-17,29H2,1-2H3,(H,32,33)/t24-/m0/s1. The Balaban J connectivity index is 1.60. The lowest BCUT2D eigenvalue weighted by atomic mass is 9.94. The largest absolute Gasteiger partial charge is 0.489 e. The van der Waals surface area contributed by atoms with Crippen molar-refractivity contribution in [3.63, 3.8) is 0 Å². The number of hydrogen-bond donors (Lipinski definition) is 4. The first kappa shape index (κ1) is 24.8. The minimum absolute atomic E-state index is 0.0149. The van der Waals surface area contributed by atoms with Crippen molar-refractivity contribution in [2.24, 2.45) is 0 Å². The third kappa shape index (κ3) is 6.82. The van der Waals surface area contributed by atoms with Gasteiger partial charge in [0.1, 0.15) is 24.5 Å². The number of hydrogen-bond acceptors (Lipinski definition) is 6. The molecule has 5 N–H and O–H groups in total. The first-order valence-electron chi connectivity index (χ1n) is 10.9. The highest BCUT2D eigenvalue weighted by Crippen LogP contribution is 2.27. The number of carboxylic acid groups (broad SMARTS) is 1. The molecule has 3 rings (SSSR count). The van der Waals surface area contributed by atoms with Crippen LogP contribution in [0, 0.1) is 11.3 Å². The summed E-state index contributed by atoms with van der Waals surface area (Å²) in [6, 6.07) is 21.4. The zero-order chi connectivity index (χ0) is 24.7. The summed E-state index contributed by atoms with van der Waals surface area (Å²) >= 11 is 0. The van der Waals surface area contributed by atoms with Crippen LogP contribution >= 0.6 is 0 Å². The molecule has 3 aromatic carbocycles. The summed E-state index contributed by atoms with van der Waals surface area (Å²) < 4.78 is 5.79. The number of nitrogens with zero attached hydrogens (tertiary/aromatic N) is 1. The molecule has 7 nitrogen and oxygen atoms in total. The number of nitrogen functional groups attached to an aromatic ring is 1. The number of aromatic carboxylic acids is 1. The summed E-state index contributed by atoms with van der Waals surface area (Å²) in [4.78, 5) is 11.1. The molecule has 0 spiro atoms. The molecule has 176 valence electrons. The topological polar surface area (TPSA) is 129 Å². The lowest BCUT2D eigenvalue weighted by Crippen LogP contribution is -2.46. The Morgan fingerprint density at radius 1 is 1.09 bits per heavy atom. The molecule has 0 bridgehead atoms. The summed E-state index contributed by atoms with van der Waals surface area (Å²) in [7, 11) is 0. The predicted octanol–water partition coefficient (Wildman–Crippen LogP) is 3.86. The third-order valence-electron chi connectivity index (χ3n) is 5.44. The molecule has 0 saturated heterocycles. The minimum Gasteiger partial charge on any atom is -0.489 e. The van der Waals surface area contributed by atoms with Crippen molar-refractivity contribution in [2.75, 3.05) is 18.9 Å². The molecular formula is C27H29N3O4. The number of aliphatic hydroxyl groups is 1. The normalized spacial score (nSPS) is 12.1. The Morgan fingerprint density at radius 2 is 1.74 bits per heavy atom. The van der Waals surface area contributed by atoms with Crippen LogP contribution in [0.5, 0.6) is 5.75 Å². The average Bonchev–Trinajstić information content (AvgIpc) is 2.82. The Morgan fingerprint density at radius 3 is 2.35 bits per heavy atom. The number of benzene rings is 3. The monoisotopic (exact) mass is 459 g/mol. The van der Waals surface area contributed by atoms with Gasteiger partial charge in [0.25, 0.3) is 0 Å². The Hall–Kier alpha value is -3.86. The van der Waals surface area contributed by atoms with E-state index >= 15 is 0 Å². The fraction of sp³-hybridized carbons (Fsp3) is 0.259. The SMILES string of the molecule is CC(C)(Cc1ccc(N)cc1)NC[C@H](O)COc1cc(-c2ccc(C(=O)O)cc2)ccc1C#N. The van der Waals surface area contributed by atoms with Gasteiger partial charge in [0.2, 0.25) is 0 Å². The van der Waals surface area contributed by atoms with E-state index < -0.39 is 12.1 Å². The Labute approximate surface area is 199 Å². The lowest BCUT2D eigenvalue weighted by molar-refractivity contribution is 0.0697. The number of rotatable bonds is 10. The molecule has 1 atom stereocenters. The number of nitrogens with two attached hydrogens (primary N) is 1. The molecule has 0 aromatic heterocycles. The summed E-state index contributed by atoms with van der Waals surface area (Å²) in [5.41, 5.74) is 9.49. The van der Waals surface area contributed by atoms with E-state index in [4.69, 9.17) is 15.6 Å². The number of carboxylic acids is 1.